The molecule has 6 nitrogen and oxygen atoms in total. The van der Waals surface area contributed by atoms with Gasteiger partial charge in [-0.25, -0.2) is 9.78 Å². The van der Waals surface area contributed by atoms with Crippen molar-refractivity contribution < 1.29 is 29.0 Å². The topological polar surface area (TPSA) is 55.4 Å². The van der Waals surface area contributed by atoms with Gasteiger partial charge in [0.05, 0.1) is 13.2 Å². The van der Waals surface area contributed by atoms with Crippen LogP contribution < -0.4 is 0 Å². The smallest absolute Gasteiger partial charge is 0.234 e. The highest BCUT2D eigenvalue weighted by atomic mass is 17.3. The van der Waals surface area contributed by atoms with Gasteiger partial charge in [-0.05, 0) is 38.5 Å². The first kappa shape index (κ1) is 21.8. The second-order valence-electron chi connectivity index (χ2n) is 7.42. The highest BCUT2D eigenvalue weighted by Gasteiger charge is 2.38. The van der Waals surface area contributed by atoms with E-state index < -0.39 is 18.4 Å². The lowest BCUT2D eigenvalue weighted by Crippen LogP contribution is -2.40. The molecule has 0 aromatic carbocycles. The Hall–Kier alpha value is -0.240. The minimum atomic E-state index is -0.886. The first-order valence-electron chi connectivity index (χ1n) is 9.25. The Kier molecular flexibility index (Phi) is 10.3. The van der Waals surface area contributed by atoms with Crippen molar-refractivity contribution in [2.75, 3.05) is 13.2 Å². The zero-order valence-corrected chi connectivity index (χ0v) is 16.2. The van der Waals surface area contributed by atoms with Crippen LogP contribution >= 0.6 is 0 Å². The van der Waals surface area contributed by atoms with Crippen LogP contribution in [0.5, 0.6) is 0 Å². The van der Waals surface area contributed by atoms with Crippen molar-refractivity contribution in [2.24, 2.45) is 11.8 Å². The predicted octanol–water partition coefficient (Wildman–Crippen LogP) is 4.58. The Balaban J connectivity index is 2.41. The predicted molar refractivity (Wildman–Crippen MR) is 90.7 cm³/mol. The fourth-order valence-corrected chi connectivity index (χ4v) is 2.29. The van der Waals surface area contributed by atoms with E-state index in [1.807, 2.05) is 13.8 Å². The Bertz CT molecular complexity index is 291. The van der Waals surface area contributed by atoms with E-state index in [9.17, 15) is 0 Å². The molecular formula is C18H36O6. The summed E-state index contributed by atoms with van der Waals surface area (Å²) in [5.41, 5.74) is 0. The highest BCUT2D eigenvalue weighted by molar-refractivity contribution is 4.72. The SMILES string of the molecule is CC(C)COC(C)OOC1(OOC(C)OCC(C)C)CCCCC1. The summed E-state index contributed by atoms with van der Waals surface area (Å²) >= 11 is 0. The van der Waals surface area contributed by atoms with Crippen LogP contribution in [0.1, 0.15) is 73.6 Å². The second-order valence-corrected chi connectivity index (χ2v) is 7.42. The van der Waals surface area contributed by atoms with Crippen molar-refractivity contribution in [2.45, 2.75) is 92.0 Å². The maximum Gasteiger partial charge on any atom is 0.234 e. The molecule has 0 bridgehead atoms. The molecule has 0 N–H and O–H groups in total. The molecule has 1 rings (SSSR count). The largest absolute Gasteiger partial charge is 0.350 e. The monoisotopic (exact) mass is 348 g/mol. The van der Waals surface area contributed by atoms with E-state index in [0.29, 0.717) is 25.0 Å². The molecule has 144 valence electrons. The molecule has 0 saturated heterocycles. The van der Waals surface area contributed by atoms with Crippen LogP contribution in [0.4, 0.5) is 0 Å². The van der Waals surface area contributed by atoms with Gasteiger partial charge in [0.1, 0.15) is 0 Å². The van der Waals surface area contributed by atoms with Crippen molar-refractivity contribution >= 4 is 0 Å². The number of hydrogen-bond acceptors (Lipinski definition) is 6. The van der Waals surface area contributed by atoms with Crippen molar-refractivity contribution in [1.82, 2.24) is 0 Å². The van der Waals surface area contributed by atoms with Crippen LogP contribution in [0.2, 0.25) is 0 Å². The van der Waals surface area contributed by atoms with E-state index in [-0.39, 0.29) is 0 Å². The molecule has 2 atom stereocenters. The molecule has 1 saturated carbocycles. The minimum absolute atomic E-state index is 0.443. The van der Waals surface area contributed by atoms with Crippen LogP contribution in [0.3, 0.4) is 0 Å². The van der Waals surface area contributed by atoms with Gasteiger partial charge in [-0.1, -0.05) is 34.1 Å². The number of ether oxygens (including phenoxy) is 2. The fourth-order valence-electron chi connectivity index (χ4n) is 2.29. The van der Waals surface area contributed by atoms with Gasteiger partial charge in [0.25, 0.3) is 0 Å². The lowest BCUT2D eigenvalue weighted by atomic mass is 9.94. The molecule has 0 amide bonds. The lowest BCUT2D eigenvalue weighted by Gasteiger charge is -2.35. The summed E-state index contributed by atoms with van der Waals surface area (Å²) in [6, 6.07) is 0. The van der Waals surface area contributed by atoms with Gasteiger partial charge >= 0.3 is 0 Å². The van der Waals surface area contributed by atoms with Gasteiger partial charge in [-0.2, -0.15) is 9.78 Å². The molecule has 6 heteroatoms. The average molecular weight is 348 g/mol. The molecule has 1 fully saturated rings. The van der Waals surface area contributed by atoms with E-state index in [2.05, 4.69) is 27.7 Å². The molecule has 0 radical (unpaired) electrons. The summed E-state index contributed by atoms with van der Waals surface area (Å²) in [5.74, 6) is -0.000152. The molecule has 24 heavy (non-hydrogen) atoms. The van der Waals surface area contributed by atoms with Gasteiger partial charge in [-0.3, -0.25) is 0 Å². The van der Waals surface area contributed by atoms with E-state index >= 15 is 0 Å². The normalized spacial score (nSPS) is 20.5. The van der Waals surface area contributed by atoms with Crippen molar-refractivity contribution in [3.63, 3.8) is 0 Å². The van der Waals surface area contributed by atoms with Crippen molar-refractivity contribution in [1.29, 1.82) is 0 Å². The summed E-state index contributed by atoms with van der Waals surface area (Å²) < 4.78 is 11.1. The van der Waals surface area contributed by atoms with E-state index in [4.69, 9.17) is 29.0 Å². The standard InChI is InChI=1S/C18H36O6/c1-14(2)12-19-16(5)21-23-18(10-8-7-9-11-18)24-22-17(6)20-13-15(3)4/h14-17H,7-13H2,1-6H3. The molecule has 2 unspecified atom stereocenters. The summed E-state index contributed by atoms with van der Waals surface area (Å²) in [7, 11) is 0. The van der Waals surface area contributed by atoms with E-state index in [1.54, 1.807) is 0 Å². The van der Waals surface area contributed by atoms with Gasteiger partial charge in [-0.15, -0.1) is 0 Å². The molecule has 0 aromatic rings. The van der Waals surface area contributed by atoms with Crippen LogP contribution in [-0.2, 0) is 29.0 Å². The van der Waals surface area contributed by atoms with Gasteiger partial charge in [0, 0.05) is 12.8 Å². The highest BCUT2D eigenvalue weighted by Crippen LogP contribution is 2.34. The molecule has 1 aliphatic rings. The van der Waals surface area contributed by atoms with Crippen LogP contribution in [0, 0.1) is 11.8 Å². The Morgan fingerprint density at radius 1 is 0.667 bits per heavy atom. The second kappa shape index (κ2) is 11.4. The van der Waals surface area contributed by atoms with Crippen molar-refractivity contribution in [3.05, 3.63) is 0 Å². The van der Waals surface area contributed by atoms with Crippen LogP contribution in [0.25, 0.3) is 0 Å². The maximum absolute atomic E-state index is 5.61. The summed E-state index contributed by atoms with van der Waals surface area (Å²) in [4.78, 5) is 22.0. The van der Waals surface area contributed by atoms with E-state index in [0.717, 1.165) is 32.1 Å². The molecule has 0 aliphatic heterocycles. The Morgan fingerprint density at radius 2 is 1.08 bits per heavy atom. The summed E-state index contributed by atoms with van der Waals surface area (Å²) in [6.45, 7) is 13.2. The molecule has 0 spiro atoms. The zero-order valence-electron chi connectivity index (χ0n) is 16.2. The summed E-state index contributed by atoms with van der Waals surface area (Å²) in [6.07, 6.45) is 3.72. The third kappa shape index (κ3) is 9.30. The van der Waals surface area contributed by atoms with Crippen molar-refractivity contribution in [3.8, 4) is 0 Å². The quantitative estimate of drug-likeness (QED) is 0.292. The van der Waals surface area contributed by atoms with Gasteiger partial charge in [0.2, 0.25) is 5.79 Å². The first-order chi connectivity index (χ1) is 11.3. The fraction of sp³-hybridized carbons (Fsp3) is 1.00. The first-order valence-corrected chi connectivity index (χ1v) is 9.25. The molecular weight excluding hydrogens is 312 g/mol. The molecule has 0 aromatic heterocycles. The lowest BCUT2D eigenvalue weighted by molar-refractivity contribution is -0.553. The maximum atomic E-state index is 5.61. The minimum Gasteiger partial charge on any atom is -0.350 e. The summed E-state index contributed by atoms with van der Waals surface area (Å²) in [5, 5.41) is 0. The Morgan fingerprint density at radius 3 is 1.46 bits per heavy atom. The van der Waals surface area contributed by atoms with Crippen LogP contribution in [-0.4, -0.2) is 31.6 Å². The third-order valence-corrected chi connectivity index (χ3v) is 3.61. The number of hydrogen-bond donors (Lipinski definition) is 0. The Labute approximate surface area is 146 Å². The third-order valence-electron chi connectivity index (χ3n) is 3.61. The molecule has 1 aliphatic carbocycles. The van der Waals surface area contributed by atoms with E-state index in [1.165, 1.54) is 0 Å². The number of rotatable bonds is 12. The zero-order chi connectivity index (χ0) is 18.0. The van der Waals surface area contributed by atoms with Crippen LogP contribution in [0.15, 0.2) is 0 Å². The molecule has 0 heterocycles. The van der Waals surface area contributed by atoms with Gasteiger partial charge in [0.15, 0.2) is 12.6 Å². The van der Waals surface area contributed by atoms with Gasteiger partial charge < -0.3 is 9.47 Å². The average Bonchev–Trinajstić information content (AvgIpc) is 2.55.